The topological polar surface area (TPSA) is 87.5 Å². The van der Waals surface area contributed by atoms with Crippen LogP contribution in [0.3, 0.4) is 0 Å². The van der Waals surface area contributed by atoms with Crippen molar-refractivity contribution in [2.45, 2.75) is 86.5 Å². The van der Waals surface area contributed by atoms with Crippen LogP contribution in [0.1, 0.15) is 72.7 Å². The van der Waals surface area contributed by atoms with Crippen molar-refractivity contribution in [3.63, 3.8) is 0 Å². The van der Waals surface area contributed by atoms with E-state index in [1.165, 1.54) is 15.7 Å². The lowest BCUT2D eigenvalue weighted by Gasteiger charge is -2.45. The molecule has 1 unspecified atom stereocenters. The number of para-hydroxylation sites is 2. The lowest BCUT2D eigenvalue weighted by Crippen LogP contribution is -2.49. The van der Waals surface area contributed by atoms with Gasteiger partial charge in [-0.15, -0.1) is 0 Å². The first-order valence-corrected chi connectivity index (χ1v) is 18.8. The van der Waals surface area contributed by atoms with Gasteiger partial charge in [0, 0.05) is 36.8 Å². The molecule has 8 nitrogen and oxygen atoms in total. The number of nitrogens with one attached hydrogen (secondary N) is 1. The predicted octanol–water partition coefficient (Wildman–Crippen LogP) is 6.90. The second-order valence-electron chi connectivity index (χ2n) is 14.2. The van der Waals surface area contributed by atoms with Crippen molar-refractivity contribution < 1.29 is 35.2 Å². The lowest BCUT2D eigenvalue weighted by molar-refractivity contribution is -0.121. The second-order valence-corrected chi connectivity index (χ2v) is 15.9. The summed E-state index contributed by atoms with van der Waals surface area (Å²) in [5.74, 6) is -1.14. The van der Waals surface area contributed by atoms with Crippen LogP contribution < -0.4 is 4.72 Å². The number of benzene rings is 3. The van der Waals surface area contributed by atoms with E-state index in [0.29, 0.717) is 31.0 Å². The van der Waals surface area contributed by atoms with E-state index in [-0.39, 0.29) is 24.5 Å². The Labute approximate surface area is 293 Å². The highest BCUT2D eigenvalue weighted by Crippen LogP contribution is 2.45. The van der Waals surface area contributed by atoms with Gasteiger partial charge in [-0.25, -0.2) is 26.9 Å². The van der Waals surface area contributed by atoms with Crippen LogP contribution in [0.25, 0.3) is 11.0 Å². The number of amides is 1. The van der Waals surface area contributed by atoms with Crippen LogP contribution >= 0.6 is 0 Å². The third-order valence-electron chi connectivity index (χ3n) is 11.2. The minimum absolute atomic E-state index is 0.151. The monoisotopic (exact) mass is 729 g/mol. The van der Waals surface area contributed by atoms with E-state index < -0.39 is 44.8 Å². The average molecular weight is 730 g/mol. The molecular formula is C37H40F5N5O3S. The van der Waals surface area contributed by atoms with Crippen LogP contribution in [0.15, 0.2) is 71.6 Å². The Kier molecular flexibility index (Phi) is 9.46. The summed E-state index contributed by atoms with van der Waals surface area (Å²) < 4.78 is 95.9. The fourth-order valence-corrected chi connectivity index (χ4v) is 9.83. The number of piperidine rings is 2. The molecule has 3 aromatic carbocycles. The molecule has 14 heteroatoms. The molecule has 3 saturated heterocycles. The average Bonchev–Trinajstić information content (AvgIpc) is 3.56. The number of aromatic nitrogens is 2. The van der Waals surface area contributed by atoms with E-state index in [0.717, 1.165) is 79.3 Å². The molecule has 3 aliphatic rings. The molecule has 4 heterocycles. The van der Waals surface area contributed by atoms with Gasteiger partial charge in [0.2, 0.25) is 10.0 Å². The number of aryl methyl sites for hydroxylation is 1. The first kappa shape index (κ1) is 35.5. The van der Waals surface area contributed by atoms with Crippen molar-refractivity contribution in [2.75, 3.05) is 26.2 Å². The zero-order valence-corrected chi connectivity index (χ0v) is 29.0. The Morgan fingerprint density at radius 3 is 2.33 bits per heavy atom. The summed E-state index contributed by atoms with van der Waals surface area (Å²) in [5.41, 5.74) is 2.46. The van der Waals surface area contributed by atoms with Crippen molar-refractivity contribution in [1.82, 2.24) is 24.1 Å². The third-order valence-corrected chi connectivity index (χ3v) is 12.6. The van der Waals surface area contributed by atoms with E-state index in [2.05, 4.69) is 34.6 Å². The van der Waals surface area contributed by atoms with Gasteiger partial charge in [-0.05, 0) is 112 Å². The summed E-state index contributed by atoms with van der Waals surface area (Å²) in [6.45, 7) is 1.58. The molecule has 272 valence electrons. The fourth-order valence-electron chi connectivity index (χ4n) is 8.71. The Hall–Kier alpha value is -3.88. The molecule has 2 bridgehead atoms. The van der Waals surface area contributed by atoms with E-state index in [4.69, 9.17) is 4.98 Å². The quantitative estimate of drug-likeness (QED) is 0.190. The van der Waals surface area contributed by atoms with Crippen LogP contribution in [0, 0.1) is 18.6 Å². The molecule has 0 spiro atoms. The number of sulfonamides is 1. The molecule has 1 amide bonds. The molecular weight excluding hydrogens is 689 g/mol. The van der Waals surface area contributed by atoms with Gasteiger partial charge in [0.05, 0.1) is 11.0 Å². The zero-order valence-electron chi connectivity index (χ0n) is 28.2. The molecule has 51 heavy (non-hydrogen) atoms. The highest BCUT2D eigenvalue weighted by molar-refractivity contribution is 7.89. The molecule has 1 aromatic heterocycles. The van der Waals surface area contributed by atoms with Gasteiger partial charge in [-0.3, -0.25) is 9.69 Å². The molecule has 3 atom stereocenters. The number of fused-ring (bicyclic) bond motifs is 3. The molecule has 7 rings (SSSR count). The Balaban J connectivity index is 1.06. The summed E-state index contributed by atoms with van der Waals surface area (Å²) >= 11 is 0. The van der Waals surface area contributed by atoms with Crippen LogP contribution in [-0.4, -0.2) is 78.1 Å². The maximum Gasteiger partial charge on any atom is 0.402 e. The SMILES string of the molecule is Cc1nc2ccccc2n1C1C[C@H]2CC[C@@H](C1)N2CCC1(c2cccc(F)c2)CCN(C(=O)c2ccc(F)c(S(=O)(=O)NCC(F)(F)F)c2)CC1. The van der Waals surface area contributed by atoms with E-state index in [1.807, 2.05) is 12.1 Å². The molecule has 1 N–H and O–H groups in total. The van der Waals surface area contributed by atoms with Gasteiger partial charge in [0.15, 0.2) is 0 Å². The minimum Gasteiger partial charge on any atom is -0.339 e. The van der Waals surface area contributed by atoms with Gasteiger partial charge in [0.1, 0.15) is 28.9 Å². The fraction of sp³-hybridized carbons (Fsp3) is 0.459. The standard InChI is InChI=1S/C37H40F5N5O3S/c1-24-44-32-7-2-3-8-33(32)47(24)30-21-28-10-11-29(22-30)46(28)18-15-36(26-5-4-6-27(38)20-26)13-16-45(17-14-36)35(48)25-9-12-31(39)34(19-25)51(49,50)43-23-37(40,41)42/h2-9,12,19-20,28-30,43H,10-11,13-18,21-23H2,1H3/t28-,29+,30?. The van der Waals surface area contributed by atoms with Crippen LogP contribution in [0.5, 0.6) is 0 Å². The Bertz CT molecular complexity index is 2030. The summed E-state index contributed by atoms with van der Waals surface area (Å²) in [6.07, 6.45) is 1.23. The van der Waals surface area contributed by atoms with Crippen molar-refractivity contribution in [2.24, 2.45) is 0 Å². The van der Waals surface area contributed by atoms with Gasteiger partial charge >= 0.3 is 6.18 Å². The Morgan fingerprint density at radius 1 is 0.941 bits per heavy atom. The first-order chi connectivity index (χ1) is 24.2. The number of carbonyl (C=O) groups is 1. The van der Waals surface area contributed by atoms with E-state index >= 15 is 0 Å². The largest absolute Gasteiger partial charge is 0.402 e. The van der Waals surface area contributed by atoms with Crippen LogP contribution in [0.4, 0.5) is 22.0 Å². The highest BCUT2D eigenvalue weighted by atomic mass is 32.2. The summed E-state index contributed by atoms with van der Waals surface area (Å²) in [5, 5.41) is 0. The predicted molar refractivity (Wildman–Crippen MR) is 182 cm³/mol. The number of halogens is 5. The number of hydrogen-bond acceptors (Lipinski definition) is 5. The maximum absolute atomic E-state index is 14.6. The summed E-state index contributed by atoms with van der Waals surface area (Å²) in [7, 11) is -4.88. The normalized spacial score (nSPS) is 22.5. The van der Waals surface area contributed by atoms with E-state index in [1.54, 1.807) is 12.1 Å². The van der Waals surface area contributed by atoms with Crippen molar-refractivity contribution in [1.29, 1.82) is 0 Å². The number of hydrogen-bond donors (Lipinski definition) is 1. The van der Waals surface area contributed by atoms with Crippen molar-refractivity contribution >= 4 is 27.0 Å². The van der Waals surface area contributed by atoms with Gasteiger partial charge in [0.25, 0.3) is 5.91 Å². The van der Waals surface area contributed by atoms with Crippen LogP contribution in [0.2, 0.25) is 0 Å². The summed E-state index contributed by atoms with van der Waals surface area (Å²) in [6, 6.07) is 18.7. The zero-order chi connectivity index (χ0) is 36.1. The number of imidazole rings is 1. The smallest absolute Gasteiger partial charge is 0.339 e. The van der Waals surface area contributed by atoms with E-state index in [9.17, 15) is 35.2 Å². The van der Waals surface area contributed by atoms with Crippen molar-refractivity contribution in [3.8, 4) is 0 Å². The van der Waals surface area contributed by atoms with Crippen LogP contribution in [-0.2, 0) is 15.4 Å². The lowest BCUT2D eigenvalue weighted by atomic mass is 9.70. The number of carbonyl (C=O) groups excluding carboxylic acids is 1. The number of likely N-dealkylation sites (tertiary alicyclic amines) is 1. The maximum atomic E-state index is 14.6. The Morgan fingerprint density at radius 2 is 1.65 bits per heavy atom. The number of nitrogens with zero attached hydrogens (tertiary/aromatic N) is 4. The second kappa shape index (κ2) is 13.6. The number of alkyl halides is 3. The molecule has 0 aliphatic carbocycles. The molecule has 0 radical (unpaired) electrons. The number of rotatable bonds is 9. The highest BCUT2D eigenvalue weighted by Gasteiger charge is 2.44. The minimum atomic E-state index is -4.88. The molecule has 0 saturated carbocycles. The molecule has 4 aromatic rings. The van der Waals surface area contributed by atoms with Gasteiger partial charge in [-0.1, -0.05) is 24.3 Å². The van der Waals surface area contributed by atoms with Crippen molar-refractivity contribution in [3.05, 3.63) is 95.3 Å². The molecule has 3 fully saturated rings. The van der Waals surface area contributed by atoms with Gasteiger partial charge < -0.3 is 9.47 Å². The first-order valence-electron chi connectivity index (χ1n) is 17.3. The third kappa shape index (κ3) is 7.14. The van der Waals surface area contributed by atoms with Gasteiger partial charge in [-0.2, -0.15) is 13.2 Å². The summed E-state index contributed by atoms with van der Waals surface area (Å²) in [4.78, 5) is 21.5. The molecule has 3 aliphatic heterocycles.